The van der Waals surface area contributed by atoms with Gasteiger partial charge >= 0.3 is 0 Å². The number of carbonyl (C=O) groups is 1. The van der Waals surface area contributed by atoms with Crippen LogP contribution < -0.4 is 11.1 Å². The zero-order valence-electron chi connectivity index (χ0n) is 11.9. The predicted octanol–water partition coefficient (Wildman–Crippen LogP) is 2.59. The molecule has 2 atom stereocenters. The van der Waals surface area contributed by atoms with Gasteiger partial charge in [-0.2, -0.15) is 0 Å². The maximum Gasteiger partial charge on any atom is 0.240 e. The number of hydrogen-bond acceptors (Lipinski definition) is 2. The fourth-order valence-electron chi connectivity index (χ4n) is 3.68. The third-order valence-electron chi connectivity index (χ3n) is 4.94. The molecule has 2 aliphatic carbocycles. The van der Waals surface area contributed by atoms with Crippen molar-refractivity contribution in [1.82, 2.24) is 5.32 Å². The fourth-order valence-corrected chi connectivity index (χ4v) is 3.68. The van der Waals surface area contributed by atoms with Gasteiger partial charge in [0.05, 0.1) is 5.54 Å². The van der Waals surface area contributed by atoms with Crippen LogP contribution in [0.15, 0.2) is 0 Å². The molecule has 3 heteroatoms. The Kier molecular flexibility index (Phi) is 4.31. The van der Waals surface area contributed by atoms with Crippen molar-refractivity contribution in [2.45, 2.75) is 76.8 Å². The topological polar surface area (TPSA) is 55.1 Å². The van der Waals surface area contributed by atoms with E-state index in [0.29, 0.717) is 17.9 Å². The molecule has 0 aromatic rings. The van der Waals surface area contributed by atoms with Gasteiger partial charge in [-0.1, -0.05) is 39.5 Å². The lowest BCUT2D eigenvalue weighted by Crippen LogP contribution is -2.56. The van der Waals surface area contributed by atoms with Crippen LogP contribution >= 0.6 is 0 Å². The summed E-state index contributed by atoms with van der Waals surface area (Å²) in [5, 5.41) is 3.27. The summed E-state index contributed by atoms with van der Waals surface area (Å²) in [6.07, 6.45) is 8.85. The highest BCUT2D eigenvalue weighted by atomic mass is 16.2. The molecule has 0 spiro atoms. The van der Waals surface area contributed by atoms with Crippen LogP contribution in [0.1, 0.15) is 65.2 Å². The summed E-state index contributed by atoms with van der Waals surface area (Å²) in [5.74, 6) is 1.39. The van der Waals surface area contributed by atoms with Gasteiger partial charge in [-0.15, -0.1) is 0 Å². The summed E-state index contributed by atoms with van der Waals surface area (Å²) in [6.45, 7) is 4.53. The molecule has 2 saturated carbocycles. The lowest BCUT2D eigenvalue weighted by Gasteiger charge is -2.37. The van der Waals surface area contributed by atoms with Crippen molar-refractivity contribution in [3.8, 4) is 0 Å². The quantitative estimate of drug-likeness (QED) is 0.811. The van der Waals surface area contributed by atoms with Gasteiger partial charge < -0.3 is 11.1 Å². The Labute approximate surface area is 111 Å². The van der Waals surface area contributed by atoms with Crippen LogP contribution in [0, 0.1) is 11.8 Å². The number of hydrogen-bond donors (Lipinski definition) is 2. The van der Waals surface area contributed by atoms with Crippen molar-refractivity contribution in [3.63, 3.8) is 0 Å². The van der Waals surface area contributed by atoms with E-state index in [9.17, 15) is 4.79 Å². The molecule has 0 heterocycles. The second-order valence-electron chi connectivity index (χ2n) is 6.64. The van der Waals surface area contributed by atoms with E-state index in [2.05, 4.69) is 19.2 Å². The van der Waals surface area contributed by atoms with E-state index in [1.165, 1.54) is 19.3 Å². The van der Waals surface area contributed by atoms with Crippen molar-refractivity contribution >= 4 is 5.91 Å². The molecule has 0 aliphatic heterocycles. The van der Waals surface area contributed by atoms with Crippen molar-refractivity contribution in [1.29, 1.82) is 0 Å². The molecule has 0 saturated heterocycles. The van der Waals surface area contributed by atoms with Crippen LogP contribution in [0.3, 0.4) is 0 Å². The van der Waals surface area contributed by atoms with Crippen LogP contribution in [0.2, 0.25) is 0 Å². The first-order valence-electron chi connectivity index (χ1n) is 7.63. The average Bonchev–Trinajstić information content (AvgIpc) is 2.78. The Morgan fingerprint density at radius 3 is 2.39 bits per heavy atom. The Balaban J connectivity index is 1.96. The third kappa shape index (κ3) is 2.87. The molecule has 0 aromatic heterocycles. The second kappa shape index (κ2) is 5.60. The molecule has 18 heavy (non-hydrogen) atoms. The van der Waals surface area contributed by atoms with Gasteiger partial charge in [0.15, 0.2) is 0 Å². The zero-order chi connectivity index (χ0) is 13.2. The Bertz CT molecular complexity index is 295. The largest absolute Gasteiger partial charge is 0.351 e. The molecule has 2 fully saturated rings. The molecule has 2 rings (SSSR count). The molecular formula is C15H28N2O. The Hall–Kier alpha value is -0.570. The fraction of sp³-hybridized carbons (Fsp3) is 0.933. The molecule has 1 amide bonds. The number of nitrogens with two attached hydrogens (primary N) is 1. The maximum absolute atomic E-state index is 12.4. The molecule has 2 aliphatic rings. The number of amides is 1. The molecule has 0 bridgehead atoms. The van der Waals surface area contributed by atoms with Gasteiger partial charge in [0.25, 0.3) is 0 Å². The minimum absolute atomic E-state index is 0.109. The van der Waals surface area contributed by atoms with Crippen LogP contribution in [-0.4, -0.2) is 17.5 Å². The zero-order valence-corrected chi connectivity index (χ0v) is 11.9. The normalized spacial score (nSPS) is 31.6. The van der Waals surface area contributed by atoms with E-state index < -0.39 is 5.54 Å². The minimum Gasteiger partial charge on any atom is -0.351 e. The first-order valence-corrected chi connectivity index (χ1v) is 7.63. The Morgan fingerprint density at radius 2 is 1.78 bits per heavy atom. The molecule has 2 unspecified atom stereocenters. The van der Waals surface area contributed by atoms with Gasteiger partial charge in [0.1, 0.15) is 0 Å². The molecule has 3 N–H and O–H groups in total. The van der Waals surface area contributed by atoms with Crippen molar-refractivity contribution in [3.05, 3.63) is 0 Å². The first-order chi connectivity index (χ1) is 8.53. The van der Waals surface area contributed by atoms with Crippen LogP contribution in [0.25, 0.3) is 0 Å². The summed E-state index contributed by atoms with van der Waals surface area (Å²) >= 11 is 0. The van der Waals surface area contributed by atoms with E-state index in [1.807, 2.05) is 0 Å². The molecular weight excluding hydrogens is 224 g/mol. The third-order valence-corrected chi connectivity index (χ3v) is 4.94. The summed E-state index contributed by atoms with van der Waals surface area (Å²) in [6, 6.07) is 0.354. The van der Waals surface area contributed by atoms with Gasteiger partial charge in [0.2, 0.25) is 5.91 Å². The van der Waals surface area contributed by atoms with E-state index in [0.717, 1.165) is 32.1 Å². The summed E-state index contributed by atoms with van der Waals surface area (Å²) < 4.78 is 0. The summed E-state index contributed by atoms with van der Waals surface area (Å²) in [7, 11) is 0. The SMILES string of the molecule is CC(C)C1CCCCC1NC(=O)C1(N)CCCC1. The molecule has 3 nitrogen and oxygen atoms in total. The van der Waals surface area contributed by atoms with Crippen LogP contribution in [0.5, 0.6) is 0 Å². The monoisotopic (exact) mass is 252 g/mol. The van der Waals surface area contributed by atoms with Crippen LogP contribution in [-0.2, 0) is 4.79 Å². The van der Waals surface area contributed by atoms with E-state index in [-0.39, 0.29) is 5.91 Å². The molecule has 0 aromatic carbocycles. The lowest BCUT2D eigenvalue weighted by molar-refractivity contribution is -0.127. The standard InChI is InChI=1S/C15H28N2O/c1-11(2)12-7-3-4-8-13(12)17-14(18)15(16)9-5-6-10-15/h11-13H,3-10,16H2,1-2H3,(H,17,18). The van der Waals surface area contributed by atoms with Gasteiger partial charge in [0, 0.05) is 6.04 Å². The average molecular weight is 252 g/mol. The first kappa shape index (κ1) is 13.9. The van der Waals surface area contributed by atoms with Crippen molar-refractivity contribution < 1.29 is 4.79 Å². The molecule has 104 valence electrons. The highest BCUT2D eigenvalue weighted by Gasteiger charge is 2.39. The predicted molar refractivity (Wildman–Crippen MR) is 74.1 cm³/mol. The van der Waals surface area contributed by atoms with E-state index in [1.54, 1.807) is 0 Å². The number of rotatable bonds is 3. The lowest BCUT2D eigenvalue weighted by atomic mass is 9.77. The smallest absolute Gasteiger partial charge is 0.240 e. The van der Waals surface area contributed by atoms with Crippen molar-refractivity contribution in [2.75, 3.05) is 0 Å². The van der Waals surface area contributed by atoms with E-state index >= 15 is 0 Å². The van der Waals surface area contributed by atoms with Gasteiger partial charge in [-0.3, -0.25) is 4.79 Å². The van der Waals surface area contributed by atoms with Crippen LogP contribution in [0.4, 0.5) is 0 Å². The Morgan fingerprint density at radius 1 is 1.17 bits per heavy atom. The number of nitrogens with one attached hydrogen (secondary N) is 1. The van der Waals surface area contributed by atoms with Crippen molar-refractivity contribution in [2.24, 2.45) is 17.6 Å². The van der Waals surface area contributed by atoms with Gasteiger partial charge in [-0.25, -0.2) is 0 Å². The summed E-state index contributed by atoms with van der Waals surface area (Å²) in [4.78, 5) is 12.4. The highest BCUT2D eigenvalue weighted by Crippen LogP contribution is 2.32. The highest BCUT2D eigenvalue weighted by molar-refractivity contribution is 5.86. The maximum atomic E-state index is 12.4. The summed E-state index contributed by atoms with van der Waals surface area (Å²) in [5.41, 5.74) is 5.66. The van der Waals surface area contributed by atoms with Gasteiger partial charge in [-0.05, 0) is 37.5 Å². The molecule has 0 radical (unpaired) electrons. The number of carbonyl (C=O) groups excluding carboxylic acids is 1. The minimum atomic E-state index is -0.570. The van der Waals surface area contributed by atoms with E-state index in [4.69, 9.17) is 5.73 Å². The second-order valence-corrected chi connectivity index (χ2v) is 6.64.